The summed E-state index contributed by atoms with van der Waals surface area (Å²) in [5.41, 5.74) is 5.33. The van der Waals surface area contributed by atoms with Gasteiger partial charge in [0.1, 0.15) is 37.8 Å². The molecular formula is C28H44I2N2O2. The van der Waals surface area contributed by atoms with Gasteiger partial charge in [0, 0.05) is 0 Å². The maximum atomic E-state index is 5.94. The highest BCUT2D eigenvalue weighted by molar-refractivity contribution is 5.90. The van der Waals surface area contributed by atoms with Crippen molar-refractivity contribution >= 4 is 11.1 Å². The third-order valence-electron chi connectivity index (χ3n) is 5.54. The first-order valence-corrected chi connectivity index (χ1v) is 11.8. The Morgan fingerprint density at radius 1 is 0.559 bits per heavy atom. The fourth-order valence-electron chi connectivity index (χ4n) is 3.56. The van der Waals surface area contributed by atoms with E-state index >= 15 is 0 Å². The third-order valence-corrected chi connectivity index (χ3v) is 5.54. The molecule has 0 amide bonds. The van der Waals surface area contributed by atoms with Crippen molar-refractivity contribution in [1.82, 2.24) is 0 Å². The summed E-state index contributed by atoms with van der Waals surface area (Å²) < 4.78 is 13.7. The maximum Gasteiger partial charge on any atom is 0.137 e. The standard InChI is InChI=1S/C28H44N2O2.2HI/c1-9-27(23-11-15-25(16-12-23)31-21-19-29(3,4)5)28(10-2)24-13-17-26(18-14-24)32-22-20-30(6,7)8;;/h11-18H,9-10,19-22H2,1-8H3;2*1H/q+2;;/p-2/b28-27-;;. The van der Waals surface area contributed by atoms with Gasteiger partial charge in [-0.25, -0.2) is 0 Å². The SMILES string of the molecule is CC/C(=C(\CC)c1ccc(OCC[N+](C)(C)C)cc1)c1ccc(OCC[N+](C)(C)C)cc1.[I-].[I-]. The second-order valence-corrected chi connectivity index (χ2v) is 10.4. The van der Waals surface area contributed by atoms with Crippen molar-refractivity contribution < 1.29 is 66.4 Å². The zero-order chi connectivity index (χ0) is 23.8. The van der Waals surface area contributed by atoms with Crippen molar-refractivity contribution in [2.24, 2.45) is 0 Å². The molecule has 0 aliphatic rings. The van der Waals surface area contributed by atoms with E-state index in [2.05, 4.69) is 105 Å². The maximum absolute atomic E-state index is 5.94. The Morgan fingerprint density at radius 2 is 0.853 bits per heavy atom. The van der Waals surface area contributed by atoms with E-state index < -0.39 is 0 Å². The van der Waals surface area contributed by atoms with Crippen LogP contribution in [-0.2, 0) is 0 Å². The summed E-state index contributed by atoms with van der Waals surface area (Å²) in [5, 5.41) is 0. The topological polar surface area (TPSA) is 18.5 Å². The number of quaternary nitrogens is 2. The molecule has 0 bridgehead atoms. The number of rotatable bonds is 12. The highest BCUT2D eigenvalue weighted by Gasteiger charge is 2.11. The van der Waals surface area contributed by atoms with Gasteiger partial charge in [-0.15, -0.1) is 0 Å². The lowest BCUT2D eigenvalue weighted by atomic mass is 9.91. The normalized spacial score (nSPS) is 12.2. The molecule has 0 aliphatic heterocycles. The molecule has 0 radical (unpaired) electrons. The number of nitrogens with zero attached hydrogens (tertiary/aromatic N) is 2. The largest absolute Gasteiger partial charge is 1.00 e. The highest BCUT2D eigenvalue weighted by Crippen LogP contribution is 2.33. The van der Waals surface area contributed by atoms with Crippen LogP contribution in [0, 0.1) is 0 Å². The van der Waals surface area contributed by atoms with Gasteiger partial charge in [0.05, 0.1) is 42.3 Å². The molecular weight excluding hydrogens is 650 g/mol. The molecule has 0 atom stereocenters. The van der Waals surface area contributed by atoms with Crippen LogP contribution in [0.5, 0.6) is 11.5 Å². The fourth-order valence-corrected chi connectivity index (χ4v) is 3.56. The van der Waals surface area contributed by atoms with E-state index in [-0.39, 0.29) is 48.0 Å². The lowest BCUT2D eigenvalue weighted by Gasteiger charge is -2.23. The van der Waals surface area contributed by atoms with E-state index in [1.165, 1.54) is 22.3 Å². The van der Waals surface area contributed by atoms with E-state index in [0.717, 1.165) is 59.6 Å². The first kappa shape index (κ1) is 33.2. The van der Waals surface area contributed by atoms with Crippen LogP contribution in [0.25, 0.3) is 11.1 Å². The summed E-state index contributed by atoms with van der Waals surface area (Å²) in [7, 11) is 13.1. The number of hydrogen-bond donors (Lipinski definition) is 0. The van der Waals surface area contributed by atoms with Crippen molar-refractivity contribution in [2.75, 3.05) is 68.6 Å². The molecule has 4 nitrogen and oxygen atoms in total. The Bertz CT molecular complexity index is 792. The van der Waals surface area contributed by atoms with Crippen LogP contribution in [0.1, 0.15) is 37.8 Å². The minimum absolute atomic E-state index is 0. The monoisotopic (exact) mass is 694 g/mol. The van der Waals surface area contributed by atoms with Crippen LogP contribution < -0.4 is 57.4 Å². The van der Waals surface area contributed by atoms with Gasteiger partial charge in [0.2, 0.25) is 0 Å². The molecule has 0 fully saturated rings. The van der Waals surface area contributed by atoms with Gasteiger partial charge in [0.25, 0.3) is 0 Å². The number of halogens is 2. The number of allylic oxidation sites excluding steroid dienone is 2. The first-order chi connectivity index (χ1) is 15.0. The summed E-state index contributed by atoms with van der Waals surface area (Å²) in [6.45, 7) is 7.89. The Morgan fingerprint density at radius 3 is 1.09 bits per heavy atom. The van der Waals surface area contributed by atoms with Gasteiger partial charge in [-0.05, 0) is 59.4 Å². The Hall–Kier alpha value is -0.840. The Kier molecular flexibility index (Phi) is 14.9. The van der Waals surface area contributed by atoms with Gasteiger partial charge in [-0.2, -0.15) is 0 Å². The average molecular weight is 694 g/mol. The van der Waals surface area contributed by atoms with Gasteiger partial charge in [-0.3, -0.25) is 0 Å². The summed E-state index contributed by atoms with van der Waals surface area (Å²) >= 11 is 0. The molecule has 0 spiro atoms. The molecule has 2 aromatic carbocycles. The van der Waals surface area contributed by atoms with Gasteiger partial charge in [0.15, 0.2) is 0 Å². The van der Waals surface area contributed by atoms with Crippen LogP contribution in [0.3, 0.4) is 0 Å². The second-order valence-electron chi connectivity index (χ2n) is 10.4. The summed E-state index contributed by atoms with van der Waals surface area (Å²) in [6.07, 6.45) is 1.99. The third kappa shape index (κ3) is 11.7. The van der Waals surface area contributed by atoms with Crippen molar-refractivity contribution in [1.29, 1.82) is 0 Å². The quantitative estimate of drug-likeness (QED) is 0.171. The van der Waals surface area contributed by atoms with E-state index in [1.807, 2.05) is 0 Å². The molecule has 2 rings (SSSR count). The molecule has 6 heteroatoms. The molecule has 0 unspecified atom stereocenters. The lowest BCUT2D eigenvalue weighted by Crippen LogP contribution is -3.00. The predicted molar refractivity (Wildman–Crippen MR) is 137 cm³/mol. The molecule has 0 aromatic heterocycles. The predicted octanol–water partition coefficient (Wildman–Crippen LogP) is -0.405. The summed E-state index contributed by atoms with van der Waals surface area (Å²) in [5.74, 6) is 1.87. The molecule has 0 heterocycles. The first-order valence-electron chi connectivity index (χ1n) is 11.8. The second kappa shape index (κ2) is 15.3. The van der Waals surface area contributed by atoms with Crippen molar-refractivity contribution in [2.45, 2.75) is 26.7 Å². The highest BCUT2D eigenvalue weighted by atomic mass is 127. The van der Waals surface area contributed by atoms with E-state index in [1.54, 1.807) is 0 Å². The molecule has 192 valence electrons. The number of benzene rings is 2. The molecule has 34 heavy (non-hydrogen) atoms. The van der Waals surface area contributed by atoms with Crippen LogP contribution in [0.15, 0.2) is 48.5 Å². The van der Waals surface area contributed by atoms with Crippen LogP contribution in [0.4, 0.5) is 0 Å². The van der Waals surface area contributed by atoms with E-state index in [9.17, 15) is 0 Å². The number of hydrogen-bond acceptors (Lipinski definition) is 2. The molecule has 0 saturated carbocycles. The van der Waals surface area contributed by atoms with E-state index in [4.69, 9.17) is 9.47 Å². The number of ether oxygens (including phenoxy) is 2. The Labute approximate surface area is 242 Å². The zero-order valence-corrected chi connectivity index (χ0v) is 26.6. The van der Waals surface area contributed by atoms with Gasteiger partial charge in [-0.1, -0.05) is 38.1 Å². The number of likely N-dealkylation sites (N-methyl/N-ethyl adjacent to an activating group) is 2. The van der Waals surface area contributed by atoms with Crippen molar-refractivity contribution in [3.63, 3.8) is 0 Å². The van der Waals surface area contributed by atoms with Crippen molar-refractivity contribution in [3.05, 3.63) is 59.7 Å². The van der Waals surface area contributed by atoms with Crippen LogP contribution in [0.2, 0.25) is 0 Å². The van der Waals surface area contributed by atoms with Crippen molar-refractivity contribution in [3.8, 4) is 11.5 Å². The van der Waals surface area contributed by atoms with E-state index in [0.29, 0.717) is 0 Å². The molecule has 2 aromatic rings. The fraction of sp³-hybridized carbons (Fsp3) is 0.500. The zero-order valence-electron chi connectivity index (χ0n) is 22.3. The van der Waals surface area contributed by atoms with Gasteiger partial charge < -0.3 is 66.4 Å². The smallest absolute Gasteiger partial charge is 0.137 e. The van der Waals surface area contributed by atoms with Crippen LogP contribution in [-0.4, -0.2) is 77.6 Å². The van der Waals surface area contributed by atoms with Gasteiger partial charge >= 0.3 is 0 Å². The lowest BCUT2D eigenvalue weighted by molar-refractivity contribution is -0.870. The Balaban J connectivity index is 0.00000544. The summed E-state index contributed by atoms with van der Waals surface area (Å²) in [4.78, 5) is 0. The molecule has 0 N–H and O–H groups in total. The summed E-state index contributed by atoms with van der Waals surface area (Å²) in [6, 6.07) is 17.2. The molecule has 0 saturated heterocycles. The van der Waals surface area contributed by atoms with Crippen LogP contribution >= 0.6 is 0 Å². The minimum Gasteiger partial charge on any atom is -1.00 e. The average Bonchev–Trinajstić information content (AvgIpc) is 2.71. The molecule has 0 aliphatic carbocycles. The minimum atomic E-state index is 0.